The maximum atomic E-state index is 12.8. The topological polar surface area (TPSA) is 84.1 Å². The van der Waals surface area contributed by atoms with Crippen molar-refractivity contribution in [3.63, 3.8) is 0 Å². The molecule has 1 aromatic heterocycles. The van der Waals surface area contributed by atoms with E-state index in [4.69, 9.17) is 5.73 Å². The van der Waals surface area contributed by atoms with Gasteiger partial charge in [-0.2, -0.15) is 18.2 Å². The van der Waals surface area contributed by atoms with Crippen LogP contribution in [0, 0.1) is 5.92 Å². The van der Waals surface area contributed by atoms with E-state index in [0.29, 0.717) is 12.6 Å². The largest absolute Gasteiger partial charge is 0.421 e. The summed E-state index contributed by atoms with van der Waals surface area (Å²) in [6, 6.07) is -0.518. The molecule has 108 valence electrons. The highest BCUT2D eigenvalue weighted by atomic mass is 19.4. The zero-order chi connectivity index (χ0) is 14.6. The van der Waals surface area contributed by atoms with Crippen molar-refractivity contribution in [1.29, 1.82) is 0 Å². The molecule has 0 amide bonds. The molecule has 0 radical (unpaired) electrons. The van der Waals surface area contributed by atoms with Gasteiger partial charge in [-0.3, -0.25) is 0 Å². The molecule has 5 nitrogen and oxygen atoms in total. The van der Waals surface area contributed by atoms with Crippen LogP contribution >= 0.6 is 0 Å². The zero-order valence-electron chi connectivity index (χ0n) is 10.7. The Hall–Kier alpha value is -1.57. The molecule has 0 aromatic carbocycles. The minimum absolute atomic E-state index is 0.221. The van der Waals surface area contributed by atoms with Crippen LogP contribution in [0.2, 0.25) is 0 Å². The molecule has 4 N–H and O–H groups in total. The lowest BCUT2D eigenvalue weighted by molar-refractivity contribution is -0.137. The van der Waals surface area contributed by atoms with Gasteiger partial charge in [-0.1, -0.05) is 13.8 Å². The summed E-state index contributed by atoms with van der Waals surface area (Å²) >= 11 is 0. The summed E-state index contributed by atoms with van der Waals surface area (Å²) < 4.78 is 38.3. The standard InChI is InChI=1S/C11H17F3N4O/c1-6(2)3-7(5-19)17-9-8(11(12,13)14)4-16-10(15)18-9/h4,6-7,19H,3,5H2,1-2H3,(H3,15,16,17,18)/t7-/m1/s1. The van der Waals surface area contributed by atoms with Crippen molar-refractivity contribution >= 4 is 11.8 Å². The van der Waals surface area contributed by atoms with E-state index in [2.05, 4.69) is 15.3 Å². The second-order valence-electron chi connectivity index (χ2n) is 4.64. The quantitative estimate of drug-likeness (QED) is 0.766. The van der Waals surface area contributed by atoms with Gasteiger partial charge in [-0.15, -0.1) is 0 Å². The Balaban J connectivity index is 3.01. The summed E-state index contributed by atoms with van der Waals surface area (Å²) in [7, 11) is 0. The normalized spacial score (nSPS) is 13.6. The zero-order valence-corrected chi connectivity index (χ0v) is 10.7. The van der Waals surface area contributed by atoms with Crippen LogP contribution in [0.15, 0.2) is 6.20 Å². The number of hydrogen-bond donors (Lipinski definition) is 3. The van der Waals surface area contributed by atoms with Crippen molar-refractivity contribution in [2.75, 3.05) is 17.7 Å². The second-order valence-corrected chi connectivity index (χ2v) is 4.64. The van der Waals surface area contributed by atoms with Crippen LogP contribution in [-0.2, 0) is 6.18 Å². The summed E-state index contributed by atoms with van der Waals surface area (Å²) in [4.78, 5) is 6.90. The van der Waals surface area contributed by atoms with Gasteiger partial charge in [0.15, 0.2) is 0 Å². The van der Waals surface area contributed by atoms with E-state index < -0.39 is 23.6 Å². The number of aromatic nitrogens is 2. The van der Waals surface area contributed by atoms with Crippen molar-refractivity contribution in [2.24, 2.45) is 5.92 Å². The Morgan fingerprint density at radius 3 is 2.53 bits per heavy atom. The number of nitrogens with zero attached hydrogens (tertiary/aromatic N) is 2. The third kappa shape index (κ3) is 4.55. The Kier molecular flexibility index (Phi) is 4.93. The van der Waals surface area contributed by atoms with Crippen molar-refractivity contribution in [2.45, 2.75) is 32.5 Å². The number of anilines is 2. The molecule has 0 fully saturated rings. The Bertz CT molecular complexity index is 423. The first kappa shape index (κ1) is 15.5. The molecular weight excluding hydrogens is 261 g/mol. The smallest absolute Gasteiger partial charge is 0.394 e. The van der Waals surface area contributed by atoms with Crippen molar-refractivity contribution in [1.82, 2.24) is 9.97 Å². The van der Waals surface area contributed by atoms with Crippen LogP contribution in [0.25, 0.3) is 0 Å². The molecule has 19 heavy (non-hydrogen) atoms. The molecule has 1 atom stereocenters. The molecule has 0 aliphatic carbocycles. The molecule has 0 unspecified atom stereocenters. The van der Waals surface area contributed by atoms with E-state index in [1.54, 1.807) is 0 Å². The van der Waals surface area contributed by atoms with Crippen LogP contribution in [0.5, 0.6) is 0 Å². The lowest BCUT2D eigenvalue weighted by atomic mass is 10.0. The predicted octanol–water partition coefficient (Wildman–Crippen LogP) is 1.90. The Morgan fingerprint density at radius 1 is 1.42 bits per heavy atom. The van der Waals surface area contributed by atoms with Crippen molar-refractivity contribution in [3.05, 3.63) is 11.8 Å². The minimum atomic E-state index is -4.58. The lowest BCUT2D eigenvalue weighted by Crippen LogP contribution is -2.28. The minimum Gasteiger partial charge on any atom is -0.394 e. The molecule has 1 heterocycles. The number of alkyl halides is 3. The maximum Gasteiger partial charge on any atom is 0.421 e. The van der Waals surface area contributed by atoms with Crippen LogP contribution in [0.3, 0.4) is 0 Å². The molecule has 1 aromatic rings. The van der Waals surface area contributed by atoms with Gasteiger partial charge in [-0.05, 0) is 12.3 Å². The summed E-state index contributed by atoms with van der Waals surface area (Å²) in [5, 5.41) is 11.8. The second kappa shape index (κ2) is 6.05. The molecule has 1 rings (SSSR count). The van der Waals surface area contributed by atoms with E-state index in [1.165, 1.54) is 0 Å². The monoisotopic (exact) mass is 278 g/mol. The summed E-state index contributed by atoms with van der Waals surface area (Å²) in [5.74, 6) is -0.436. The first-order chi connectivity index (χ1) is 8.74. The van der Waals surface area contributed by atoms with Gasteiger partial charge < -0.3 is 16.2 Å². The third-order valence-corrected chi connectivity index (χ3v) is 2.43. The summed E-state index contributed by atoms with van der Waals surface area (Å²) in [6.45, 7) is 3.52. The SMILES string of the molecule is CC(C)C[C@H](CO)Nc1nc(N)ncc1C(F)(F)F. The lowest BCUT2D eigenvalue weighted by Gasteiger charge is -2.21. The fraction of sp³-hybridized carbons (Fsp3) is 0.636. The van der Waals surface area contributed by atoms with Gasteiger partial charge in [0.05, 0.1) is 12.6 Å². The number of nitrogens with one attached hydrogen (secondary N) is 1. The van der Waals surface area contributed by atoms with Crippen molar-refractivity contribution in [3.8, 4) is 0 Å². The molecule has 0 saturated carbocycles. The number of nitrogen functional groups attached to an aromatic ring is 1. The average molecular weight is 278 g/mol. The number of aliphatic hydroxyl groups is 1. The highest BCUT2D eigenvalue weighted by Crippen LogP contribution is 2.34. The number of hydrogen-bond acceptors (Lipinski definition) is 5. The predicted molar refractivity (Wildman–Crippen MR) is 65.4 cm³/mol. The Labute approximate surface area is 109 Å². The highest BCUT2D eigenvalue weighted by molar-refractivity contribution is 5.48. The van der Waals surface area contributed by atoms with E-state index in [-0.39, 0.29) is 18.5 Å². The number of halogens is 3. The number of rotatable bonds is 5. The molecule has 0 saturated heterocycles. The average Bonchev–Trinajstić information content (AvgIpc) is 2.25. The molecule has 0 aliphatic heterocycles. The fourth-order valence-electron chi connectivity index (χ4n) is 1.65. The molecule has 0 aliphatic rings. The highest BCUT2D eigenvalue weighted by Gasteiger charge is 2.35. The molecular formula is C11H17F3N4O. The molecule has 0 bridgehead atoms. The number of nitrogens with two attached hydrogens (primary N) is 1. The van der Waals surface area contributed by atoms with E-state index in [1.807, 2.05) is 13.8 Å². The van der Waals surface area contributed by atoms with Crippen LogP contribution < -0.4 is 11.1 Å². The van der Waals surface area contributed by atoms with E-state index in [0.717, 1.165) is 0 Å². The van der Waals surface area contributed by atoms with Crippen LogP contribution in [0.1, 0.15) is 25.8 Å². The van der Waals surface area contributed by atoms with Gasteiger partial charge in [0.2, 0.25) is 5.95 Å². The van der Waals surface area contributed by atoms with E-state index in [9.17, 15) is 18.3 Å². The number of aliphatic hydroxyl groups excluding tert-OH is 1. The van der Waals surface area contributed by atoms with Gasteiger partial charge in [0.25, 0.3) is 0 Å². The van der Waals surface area contributed by atoms with Crippen LogP contribution in [-0.4, -0.2) is 27.7 Å². The van der Waals surface area contributed by atoms with Gasteiger partial charge in [-0.25, -0.2) is 4.98 Å². The van der Waals surface area contributed by atoms with Gasteiger partial charge >= 0.3 is 6.18 Å². The maximum absolute atomic E-state index is 12.8. The first-order valence-corrected chi connectivity index (χ1v) is 5.81. The molecule has 0 spiro atoms. The van der Waals surface area contributed by atoms with Gasteiger partial charge in [0.1, 0.15) is 11.4 Å². The molecule has 8 heteroatoms. The van der Waals surface area contributed by atoms with Gasteiger partial charge in [0, 0.05) is 6.20 Å². The Morgan fingerprint density at radius 2 is 2.05 bits per heavy atom. The summed E-state index contributed by atoms with van der Waals surface area (Å²) in [5.41, 5.74) is 4.30. The summed E-state index contributed by atoms with van der Waals surface area (Å²) in [6.07, 6.45) is -3.43. The van der Waals surface area contributed by atoms with E-state index >= 15 is 0 Å². The third-order valence-electron chi connectivity index (χ3n) is 2.43. The van der Waals surface area contributed by atoms with Crippen LogP contribution in [0.4, 0.5) is 24.9 Å². The van der Waals surface area contributed by atoms with Crippen molar-refractivity contribution < 1.29 is 18.3 Å². The fourth-order valence-corrected chi connectivity index (χ4v) is 1.65. The first-order valence-electron chi connectivity index (χ1n) is 5.81.